The van der Waals surface area contributed by atoms with Gasteiger partial charge in [0.05, 0.1) is 5.69 Å². The molecule has 3 nitrogen and oxygen atoms in total. The molecule has 25 heavy (non-hydrogen) atoms. The molecule has 0 atom stereocenters. The molecular weight excluding hydrogens is 348 g/mol. The Labute approximate surface area is 153 Å². The van der Waals surface area contributed by atoms with Crippen molar-refractivity contribution in [3.05, 3.63) is 76.3 Å². The van der Waals surface area contributed by atoms with E-state index in [-0.39, 0.29) is 5.91 Å². The van der Waals surface area contributed by atoms with Crippen molar-refractivity contribution in [2.75, 3.05) is 5.32 Å². The van der Waals surface area contributed by atoms with Gasteiger partial charge >= 0.3 is 0 Å². The number of fused-ring (bicyclic) bond motifs is 1. The average Bonchev–Trinajstić information content (AvgIpc) is 3.31. The number of anilines is 1. The lowest BCUT2D eigenvalue weighted by molar-refractivity contribution is -0.111. The minimum Gasteiger partial charge on any atom is -0.298 e. The number of thiazole rings is 1. The topological polar surface area (TPSA) is 42.0 Å². The Bertz CT molecular complexity index is 1050. The molecule has 0 fully saturated rings. The highest BCUT2D eigenvalue weighted by molar-refractivity contribution is 7.14. The van der Waals surface area contributed by atoms with Gasteiger partial charge < -0.3 is 0 Å². The molecule has 0 radical (unpaired) electrons. The summed E-state index contributed by atoms with van der Waals surface area (Å²) in [4.78, 5) is 17.6. The van der Waals surface area contributed by atoms with Crippen molar-refractivity contribution in [2.24, 2.45) is 0 Å². The SMILES string of the molecule is O=C(/C=C/c1cccs1)Nc1nc(-c2ccc3ccccc3c2)cs1. The highest BCUT2D eigenvalue weighted by atomic mass is 32.1. The summed E-state index contributed by atoms with van der Waals surface area (Å²) in [5.74, 6) is -0.173. The van der Waals surface area contributed by atoms with Crippen molar-refractivity contribution >= 4 is 50.6 Å². The van der Waals surface area contributed by atoms with Crippen LogP contribution >= 0.6 is 22.7 Å². The van der Waals surface area contributed by atoms with Crippen LogP contribution in [0.15, 0.2) is 71.4 Å². The fraction of sp³-hybridized carbons (Fsp3) is 0. The Morgan fingerprint density at radius 2 is 1.88 bits per heavy atom. The third-order valence-corrected chi connectivity index (χ3v) is 5.32. The van der Waals surface area contributed by atoms with Crippen molar-refractivity contribution in [3.63, 3.8) is 0 Å². The molecule has 0 aliphatic carbocycles. The van der Waals surface area contributed by atoms with Crippen LogP contribution in [0.5, 0.6) is 0 Å². The summed E-state index contributed by atoms with van der Waals surface area (Å²) >= 11 is 3.02. The Balaban J connectivity index is 1.50. The smallest absolute Gasteiger partial charge is 0.250 e. The van der Waals surface area contributed by atoms with E-state index < -0.39 is 0 Å². The fourth-order valence-electron chi connectivity index (χ4n) is 2.50. The normalized spacial score (nSPS) is 11.2. The second-order valence-corrected chi connectivity index (χ2v) is 7.28. The molecule has 2 heterocycles. The summed E-state index contributed by atoms with van der Waals surface area (Å²) in [7, 11) is 0. The van der Waals surface area contributed by atoms with Crippen LogP contribution in [0.25, 0.3) is 28.1 Å². The lowest BCUT2D eigenvalue weighted by Gasteiger charge is -2.01. The number of benzene rings is 2. The van der Waals surface area contributed by atoms with Gasteiger partial charge in [0, 0.05) is 21.9 Å². The second-order valence-electron chi connectivity index (χ2n) is 5.44. The van der Waals surface area contributed by atoms with E-state index in [0.29, 0.717) is 5.13 Å². The van der Waals surface area contributed by atoms with Gasteiger partial charge in [-0.1, -0.05) is 42.5 Å². The molecule has 0 spiro atoms. The average molecular weight is 362 g/mol. The first kappa shape index (κ1) is 15.7. The number of nitrogens with one attached hydrogen (secondary N) is 1. The van der Waals surface area contributed by atoms with Gasteiger partial charge in [0.2, 0.25) is 5.91 Å². The van der Waals surface area contributed by atoms with Gasteiger partial charge in [-0.25, -0.2) is 4.98 Å². The number of hydrogen-bond donors (Lipinski definition) is 1. The highest BCUT2D eigenvalue weighted by Gasteiger charge is 2.07. The standard InChI is InChI=1S/C20H14N2OS2/c23-19(10-9-17-6-3-11-24-17)22-20-21-18(13-25-20)16-8-7-14-4-1-2-5-15(14)12-16/h1-13H,(H,21,22,23)/b10-9+. The van der Waals surface area contributed by atoms with E-state index in [2.05, 4.69) is 40.6 Å². The summed E-state index contributed by atoms with van der Waals surface area (Å²) in [5, 5.41) is 9.74. The Hall–Kier alpha value is -2.76. The van der Waals surface area contributed by atoms with Gasteiger partial charge in [-0.3, -0.25) is 10.1 Å². The fourth-order valence-corrected chi connectivity index (χ4v) is 3.84. The predicted molar refractivity (Wildman–Crippen MR) is 107 cm³/mol. The van der Waals surface area contributed by atoms with Gasteiger partial charge in [-0.2, -0.15) is 0 Å². The maximum atomic E-state index is 12.0. The molecule has 0 aliphatic heterocycles. The number of nitrogens with zero attached hydrogens (tertiary/aromatic N) is 1. The molecular formula is C20H14N2OS2. The maximum absolute atomic E-state index is 12.0. The Morgan fingerprint density at radius 1 is 1.00 bits per heavy atom. The number of amides is 1. The van der Waals surface area contributed by atoms with E-state index in [0.717, 1.165) is 16.1 Å². The zero-order valence-corrected chi connectivity index (χ0v) is 14.8. The van der Waals surface area contributed by atoms with E-state index in [1.54, 1.807) is 17.4 Å². The first-order chi connectivity index (χ1) is 12.3. The van der Waals surface area contributed by atoms with Crippen LogP contribution in [0, 0.1) is 0 Å². The molecule has 0 saturated carbocycles. The number of carbonyl (C=O) groups is 1. The van der Waals surface area contributed by atoms with Gasteiger partial charge in [0.15, 0.2) is 5.13 Å². The van der Waals surface area contributed by atoms with Crippen molar-refractivity contribution in [1.82, 2.24) is 4.98 Å². The third-order valence-electron chi connectivity index (χ3n) is 3.72. The van der Waals surface area contributed by atoms with E-state index in [4.69, 9.17) is 0 Å². The molecule has 5 heteroatoms. The second kappa shape index (κ2) is 7.01. The summed E-state index contributed by atoms with van der Waals surface area (Å²) < 4.78 is 0. The van der Waals surface area contributed by atoms with E-state index in [1.807, 2.05) is 35.0 Å². The molecule has 2 aromatic carbocycles. The Kier molecular flexibility index (Phi) is 4.41. The largest absolute Gasteiger partial charge is 0.298 e. The number of carbonyl (C=O) groups excluding carboxylic acids is 1. The summed E-state index contributed by atoms with van der Waals surface area (Å²) in [6, 6.07) is 18.4. The molecule has 1 N–H and O–H groups in total. The first-order valence-electron chi connectivity index (χ1n) is 7.75. The zero-order valence-electron chi connectivity index (χ0n) is 13.2. The molecule has 0 saturated heterocycles. The minimum absolute atomic E-state index is 0.173. The first-order valence-corrected chi connectivity index (χ1v) is 9.51. The van der Waals surface area contributed by atoms with Crippen LogP contribution in [0.2, 0.25) is 0 Å². The van der Waals surface area contributed by atoms with Crippen LogP contribution in [-0.4, -0.2) is 10.9 Å². The van der Waals surface area contributed by atoms with Gasteiger partial charge in [0.25, 0.3) is 0 Å². The number of aromatic nitrogens is 1. The van der Waals surface area contributed by atoms with Crippen LogP contribution in [0.1, 0.15) is 4.88 Å². The molecule has 0 aliphatic rings. The van der Waals surface area contributed by atoms with Gasteiger partial charge in [-0.05, 0) is 34.4 Å². The van der Waals surface area contributed by atoms with Crippen molar-refractivity contribution in [2.45, 2.75) is 0 Å². The van der Waals surface area contributed by atoms with E-state index in [9.17, 15) is 4.79 Å². The lowest BCUT2D eigenvalue weighted by Crippen LogP contribution is -2.07. The number of hydrogen-bond acceptors (Lipinski definition) is 4. The molecule has 4 aromatic rings. The molecule has 1 amide bonds. The lowest BCUT2D eigenvalue weighted by atomic mass is 10.1. The van der Waals surface area contributed by atoms with Crippen LogP contribution in [0.3, 0.4) is 0 Å². The predicted octanol–water partition coefficient (Wildman–Crippen LogP) is 5.68. The summed E-state index contributed by atoms with van der Waals surface area (Å²) in [6.07, 6.45) is 3.33. The molecule has 0 unspecified atom stereocenters. The molecule has 122 valence electrons. The van der Waals surface area contributed by atoms with Crippen molar-refractivity contribution in [1.29, 1.82) is 0 Å². The third kappa shape index (κ3) is 3.68. The van der Waals surface area contributed by atoms with Crippen molar-refractivity contribution < 1.29 is 4.79 Å². The molecule has 4 rings (SSSR count). The number of thiophene rings is 1. The van der Waals surface area contributed by atoms with Crippen LogP contribution < -0.4 is 5.32 Å². The van der Waals surface area contributed by atoms with Gasteiger partial charge in [-0.15, -0.1) is 22.7 Å². The van der Waals surface area contributed by atoms with E-state index >= 15 is 0 Å². The summed E-state index contributed by atoms with van der Waals surface area (Å²) in [6.45, 7) is 0. The molecule has 0 bridgehead atoms. The molecule has 2 aromatic heterocycles. The number of rotatable bonds is 4. The monoisotopic (exact) mass is 362 g/mol. The van der Waals surface area contributed by atoms with Crippen LogP contribution in [0.4, 0.5) is 5.13 Å². The quantitative estimate of drug-likeness (QED) is 0.475. The van der Waals surface area contributed by atoms with Crippen molar-refractivity contribution in [3.8, 4) is 11.3 Å². The summed E-state index contributed by atoms with van der Waals surface area (Å²) in [5.41, 5.74) is 1.91. The highest BCUT2D eigenvalue weighted by Crippen LogP contribution is 2.27. The zero-order chi connectivity index (χ0) is 17.1. The Morgan fingerprint density at radius 3 is 2.72 bits per heavy atom. The van der Waals surface area contributed by atoms with E-state index in [1.165, 1.54) is 28.2 Å². The maximum Gasteiger partial charge on any atom is 0.250 e. The van der Waals surface area contributed by atoms with Gasteiger partial charge in [0.1, 0.15) is 0 Å². The minimum atomic E-state index is -0.173. The van der Waals surface area contributed by atoms with Crippen LogP contribution in [-0.2, 0) is 4.79 Å².